The average Bonchev–Trinajstić information content (AvgIpc) is 3.14. The van der Waals surface area contributed by atoms with Crippen molar-refractivity contribution in [2.75, 3.05) is 6.54 Å². The third-order valence-electron chi connectivity index (χ3n) is 2.95. The van der Waals surface area contributed by atoms with Gasteiger partial charge < -0.3 is 5.11 Å². The average molecular weight is 255 g/mol. The van der Waals surface area contributed by atoms with Gasteiger partial charge in [0, 0.05) is 12.6 Å². The van der Waals surface area contributed by atoms with Crippen LogP contribution in [-0.4, -0.2) is 30.4 Å². The molecule has 0 amide bonds. The van der Waals surface area contributed by atoms with Gasteiger partial charge in [-0.3, -0.25) is 0 Å². The van der Waals surface area contributed by atoms with Gasteiger partial charge in [-0.25, -0.2) is 8.42 Å². The molecule has 0 atom stereocenters. The van der Waals surface area contributed by atoms with E-state index >= 15 is 0 Å². The lowest BCUT2D eigenvalue weighted by molar-refractivity contribution is 0.281. The normalized spacial score (nSPS) is 16.4. The van der Waals surface area contributed by atoms with Crippen molar-refractivity contribution in [3.8, 4) is 0 Å². The highest BCUT2D eigenvalue weighted by molar-refractivity contribution is 7.89. The Kier molecular flexibility index (Phi) is 3.51. The van der Waals surface area contributed by atoms with Crippen LogP contribution in [0.1, 0.15) is 25.3 Å². The van der Waals surface area contributed by atoms with Crippen LogP contribution >= 0.6 is 0 Å². The van der Waals surface area contributed by atoms with Gasteiger partial charge in [0.2, 0.25) is 10.0 Å². The number of hydrogen-bond acceptors (Lipinski definition) is 3. The van der Waals surface area contributed by atoms with Gasteiger partial charge in [0.25, 0.3) is 0 Å². The van der Waals surface area contributed by atoms with Crippen LogP contribution in [0, 0.1) is 0 Å². The monoisotopic (exact) mass is 255 g/mol. The molecule has 1 saturated carbocycles. The van der Waals surface area contributed by atoms with Crippen LogP contribution in [0.15, 0.2) is 29.2 Å². The summed E-state index contributed by atoms with van der Waals surface area (Å²) in [5.41, 5.74) is 0.623. The topological polar surface area (TPSA) is 57.6 Å². The molecule has 1 fully saturated rings. The lowest BCUT2D eigenvalue weighted by atomic mass is 10.2. The molecule has 4 nitrogen and oxygen atoms in total. The first-order valence-corrected chi connectivity index (χ1v) is 7.25. The van der Waals surface area contributed by atoms with Crippen molar-refractivity contribution in [2.24, 2.45) is 0 Å². The van der Waals surface area contributed by atoms with E-state index < -0.39 is 10.0 Å². The minimum Gasteiger partial charge on any atom is -0.392 e. The number of rotatable bonds is 5. The molecular formula is C12H17NO3S. The van der Waals surface area contributed by atoms with Gasteiger partial charge in [-0.05, 0) is 30.5 Å². The fourth-order valence-electron chi connectivity index (χ4n) is 1.93. The zero-order valence-corrected chi connectivity index (χ0v) is 10.7. The van der Waals surface area contributed by atoms with Crippen LogP contribution < -0.4 is 0 Å². The Morgan fingerprint density at radius 2 is 2.12 bits per heavy atom. The molecule has 94 valence electrons. The predicted molar refractivity (Wildman–Crippen MR) is 65.0 cm³/mol. The van der Waals surface area contributed by atoms with E-state index in [1.54, 1.807) is 28.6 Å². The Morgan fingerprint density at radius 1 is 1.41 bits per heavy atom. The van der Waals surface area contributed by atoms with Crippen LogP contribution in [-0.2, 0) is 16.6 Å². The Labute approximate surface area is 102 Å². The third kappa shape index (κ3) is 2.51. The summed E-state index contributed by atoms with van der Waals surface area (Å²) < 4.78 is 26.3. The van der Waals surface area contributed by atoms with Crippen molar-refractivity contribution in [3.63, 3.8) is 0 Å². The summed E-state index contributed by atoms with van der Waals surface area (Å²) in [5.74, 6) is 0. The van der Waals surface area contributed by atoms with Crippen molar-refractivity contribution in [3.05, 3.63) is 29.8 Å². The van der Waals surface area contributed by atoms with Gasteiger partial charge >= 0.3 is 0 Å². The lowest BCUT2D eigenvalue weighted by Crippen LogP contribution is -2.32. The molecule has 0 heterocycles. The maximum Gasteiger partial charge on any atom is 0.243 e. The third-order valence-corrected chi connectivity index (χ3v) is 4.98. The van der Waals surface area contributed by atoms with E-state index in [2.05, 4.69) is 0 Å². The van der Waals surface area contributed by atoms with E-state index in [0.29, 0.717) is 12.1 Å². The van der Waals surface area contributed by atoms with Crippen molar-refractivity contribution >= 4 is 10.0 Å². The van der Waals surface area contributed by atoms with Crippen LogP contribution in [0.2, 0.25) is 0 Å². The highest BCUT2D eigenvalue weighted by atomic mass is 32.2. The van der Waals surface area contributed by atoms with E-state index in [1.807, 2.05) is 6.92 Å². The summed E-state index contributed by atoms with van der Waals surface area (Å²) in [6.45, 7) is 2.21. The molecule has 0 spiro atoms. The maximum absolute atomic E-state index is 12.4. The summed E-state index contributed by atoms with van der Waals surface area (Å²) in [6.07, 6.45) is 1.90. The summed E-state index contributed by atoms with van der Waals surface area (Å²) in [6, 6.07) is 6.67. The predicted octanol–water partition coefficient (Wildman–Crippen LogP) is 1.35. The zero-order valence-electron chi connectivity index (χ0n) is 9.83. The Balaban J connectivity index is 2.35. The largest absolute Gasteiger partial charge is 0.392 e. The molecular weight excluding hydrogens is 238 g/mol. The van der Waals surface area contributed by atoms with Gasteiger partial charge in [-0.15, -0.1) is 0 Å². The highest BCUT2D eigenvalue weighted by Gasteiger charge is 2.36. The lowest BCUT2D eigenvalue weighted by Gasteiger charge is -2.20. The number of aliphatic hydroxyl groups is 1. The molecule has 1 aliphatic rings. The summed E-state index contributed by atoms with van der Waals surface area (Å²) in [4.78, 5) is 0.276. The Morgan fingerprint density at radius 3 is 2.65 bits per heavy atom. The van der Waals surface area contributed by atoms with Crippen LogP contribution in [0.25, 0.3) is 0 Å². The van der Waals surface area contributed by atoms with Gasteiger partial charge in [-0.2, -0.15) is 4.31 Å². The van der Waals surface area contributed by atoms with Crippen molar-refractivity contribution < 1.29 is 13.5 Å². The number of sulfonamides is 1. The minimum absolute atomic E-state index is 0.140. The van der Waals surface area contributed by atoms with E-state index in [1.165, 1.54) is 0 Å². The molecule has 17 heavy (non-hydrogen) atoms. The molecule has 1 aromatic rings. The molecule has 1 N–H and O–H groups in total. The molecule has 5 heteroatoms. The number of hydrogen-bond donors (Lipinski definition) is 1. The summed E-state index contributed by atoms with van der Waals surface area (Å²) >= 11 is 0. The van der Waals surface area contributed by atoms with E-state index in [4.69, 9.17) is 5.11 Å². The highest BCUT2D eigenvalue weighted by Crippen LogP contribution is 2.31. The smallest absolute Gasteiger partial charge is 0.243 e. The molecule has 0 radical (unpaired) electrons. The zero-order chi connectivity index (χ0) is 12.5. The molecule has 0 unspecified atom stereocenters. The number of nitrogens with zero attached hydrogens (tertiary/aromatic N) is 1. The fourth-order valence-corrected chi connectivity index (χ4v) is 3.69. The second kappa shape index (κ2) is 4.76. The standard InChI is InChI=1S/C12H17NO3S/c1-2-13(11-6-7-11)17(15,16)12-5-3-4-10(8-12)9-14/h3-5,8,11,14H,2,6-7,9H2,1H3. The van der Waals surface area contributed by atoms with Gasteiger partial charge in [0.15, 0.2) is 0 Å². The quantitative estimate of drug-likeness (QED) is 0.864. The molecule has 0 aliphatic heterocycles. The number of benzene rings is 1. The molecule has 0 saturated heterocycles. The maximum atomic E-state index is 12.4. The Bertz CT molecular complexity index is 494. The molecule has 0 bridgehead atoms. The molecule has 1 aliphatic carbocycles. The van der Waals surface area contributed by atoms with Gasteiger partial charge in [0.1, 0.15) is 0 Å². The first kappa shape index (κ1) is 12.5. The van der Waals surface area contributed by atoms with Crippen molar-refractivity contribution in [2.45, 2.75) is 37.3 Å². The summed E-state index contributed by atoms with van der Waals surface area (Å²) in [5, 5.41) is 9.04. The second-order valence-electron chi connectivity index (χ2n) is 4.25. The van der Waals surface area contributed by atoms with E-state index in [-0.39, 0.29) is 17.5 Å². The van der Waals surface area contributed by atoms with E-state index in [9.17, 15) is 8.42 Å². The van der Waals surface area contributed by atoms with Crippen LogP contribution in [0.5, 0.6) is 0 Å². The van der Waals surface area contributed by atoms with Crippen LogP contribution in [0.3, 0.4) is 0 Å². The molecule has 0 aromatic heterocycles. The van der Waals surface area contributed by atoms with Crippen molar-refractivity contribution in [1.82, 2.24) is 4.31 Å². The number of aliphatic hydroxyl groups excluding tert-OH is 1. The first-order valence-electron chi connectivity index (χ1n) is 5.81. The molecule has 2 rings (SSSR count). The van der Waals surface area contributed by atoms with Crippen molar-refractivity contribution in [1.29, 1.82) is 0 Å². The minimum atomic E-state index is -3.40. The first-order chi connectivity index (χ1) is 8.09. The van der Waals surface area contributed by atoms with Crippen LogP contribution in [0.4, 0.5) is 0 Å². The SMILES string of the molecule is CCN(C1CC1)S(=O)(=O)c1cccc(CO)c1. The van der Waals surface area contributed by atoms with E-state index in [0.717, 1.165) is 12.8 Å². The van der Waals surface area contributed by atoms with Gasteiger partial charge in [0.05, 0.1) is 11.5 Å². The van der Waals surface area contributed by atoms with Gasteiger partial charge in [-0.1, -0.05) is 19.1 Å². The molecule has 1 aromatic carbocycles. The Hall–Kier alpha value is -0.910. The second-order valence-corrected chi connectivity index (χ2v) is 6.14. The summed E-state index contributed by atoms with van der Waals surface area (Å²) in [7, 11) is -3.40. The fraction of sp³-hybridized carbons (Fsp3) is 0.500.